The third-order valence-electron chi connectivity index (χ3n) is 4.11. The standard InChI is InChI=1S/C19H19F2N3O3/c1-12(18(25)23-15-5-6-16(20)17(21)10-15)22-14-4-2-3-13(9-14)11-24-7-8-27-19(24)26/h2-6,9-10,12,22H,7-8,11H2,1H3,(H,23,25). The largest absolute Gasteiger partial charge is 0.448 e. The summed E-state index contributed by atoms with van der Waals surface area (Å²) in [6, 6.07) is 9.89. The summed E-state index contributed by atoms with van der Waals surface area (Å²) >= 11 is 0. The van der Waals surface area contributed by atoms with Crippen LogP contribution in [0.2, 0.25) is 0 Å². The number of nitrogens with zero attached hydrogens (tertiary/aromatic N) is 1. The van der Waals surface area contributed by atoms with Crippen molar-refractivity contribution in [3.63, 3.8) is 0 Å². The third-order valence-corrected chi connectivity index (χ3v) is 4.11. The second-order valence-corrected chi connectivity index (χ2v) is 6.22. The minimum absolute atomic E-state index is 0.175. The van der Waals surface area contributed by atoms with Gasteiger partial charge in [0.15, 0.2) is 11.6 Å². The van der Waals surface area contributed by atoms with Crippen molar-refractivity contribution in [2.45, 2.75) is 19.5 Å². The molecule has 27 heavy (non-hydrogen) atoms. The first kappa shape index (κ1) is 18.6. The molecule has 0 bridgehead atoms. The molecule has 1 aliphatic heterocycles. The zero-order chi connectivity index (χ0) is 19.4. The van der Waals surface area contributed by atoms with Crippen molar-refractivity contribution in [1.82, 2.24) is 4.90 Å². The molecule has 142 valence electrons. The van der Waals surface area contributed by atoms with Crippen LogP contribution in [-0.2, 0) is 16.1 Å². The molecule has 0 aromatic heterocycles. The Kier molecular flexibility index (Phi) is 5.54. The lowest BCUT2D eigenvalue weighted by molar-refractivity contribution is -0.116. The highest BCUT2D eigenvalue weighted by Gasteiger charge is 2.22. The second-order valence-electron chi connectivity index (χ2n) is 6.22. The normalized spacial score (nSPS) is 14.6. The number of rotatable bonds is 6. The van der Waals surface area contributed by atoms with Crippen LogP contribution in [0.4, 0.5) is 25.0 Å². The summed E-state index contributed by atoms with van der Waals surface area (Å²) in [5, 5.41) is 5.58. The van der Waals surface area contributed by atoms with Gasteiger partial charge >= 0.3 is 6.09 Å². The Morgan fingerprint density at radius 3 is 2.70 bits per heavy atom. The maximum atomic E-state index is 13.2. The van der Waals surface area contributed by atoms with E-state index in [1.807, 2.05) is 18.2 Å². The summed E-state index contributed by atoms with van der Waals surface area (Å²) in [4.78, 5) is 25.4. The molecule has 0 spiro atoms. The molecule has 1 unspecified atom stereocenters. The van der Waals surface area contributed by atoms with Crippen LogP contribution in [0.3, 0.4) is 0 Å². The molecule has 0 radical (unpaired) electrons. The van der Waals surface area contributed by atoms with Gasteiger partial charge in [0.1, 0.15) is 12.6 Å². The minimum atomic E-state index is -1.03. The molecule has 0 saturated carbocycles. The van der Waals surface area contributed by atoms with Crippen molar-refractivity contribution in [3.8, 4) is 0 Å². The van der Waals surface area contributed by atoms with Crippen LogP contribution >= 0.6 is 0 Å². The molecule has 1 saturated heterocycles. The fraction of sp³-hybridized carbons (Fsp3) is 0.263. The van der Waals surface area contributed by atoms with Crippen molar-refractivity contribution in [3.05, 3.63) is 59.7 Å². The molecular formula is C19H19F2N3O3. The second kappa shape index (κ2) is 8.03. The van der Waals surface area contributed by atoms with Gasteiger partial charge in [-0.1, -0.05) is 12.1 Å². The molecule has 2 aromatic carbocycles. The number of halogens is 2. The Morgan fingerprint density at radius 2 is 2.00 bits per heavy atom. The number of amides is 2. The molecule has 3 rings (SSSR count). The van der Waals surface area contributed by atoms with Gasteiger partial charge in [-0.05, 0) is 36.8 Å². The number of carbonyl (C=O) groups is 2. The van der Waals surface area contributed by atoms with Crippen LogP contribution in [0.5, 0.6) is 0 Å². The van der Waals surface area contributed by atoms with E-state index in [4.69, 9.17) is 4.74 Å². The molecule has 2 amide bonds. The maximum Gasteiger partial charge on any atom is 0.410 e. The number of benzene rings is 2. The number of hydrogen-bond donors (Lipinski definition) is 2. The quantitative estimate of drug-likeness (QED) is 0.812. The van der Waals surface area contributed by atoms with Gasteiger partial charge in [0.25, 0.3) is 0 Å². The van der Waals surface area contributed by atoms with E-state index < -0.39 is 23.6 Å². The monoisotopic (exact) mass is 375 g/mol. The van der Waals surface area contributed by atoms with Gasteiger partial charge in [0, 0.05) is 24.0 Å². The molecule has 8 heteroatoms. The Hall–Kier alpha value is -3.16. The summed E-state index contributed by atoms with van der Waals surface area (Å²) in [6.45, 7) is 3.00. The van der Waals surface area contributed by atoms with E-state index >= 15 is 0 Å². The SMILES string of the molecule is CC(Nc1cccc(CN2CCOC2=O)c1)C(=O)Nc1ccc(F)c(F)c1. The molecule has 1 fully saturated rings. The van der Waals surface area contributed by atoms with E-state index in [-0.39, 0.29) is 11.8 Å². The van der Waals surface area contributed by atoms with Gasteiger partial charge in [-0.25, -0.2) is 13.6 Å². The molecule has 2 aromatic rings. The average Bonchev–Trinajstić information content (AvgIpc) is 3.03. The fourth-order valence-corrected chi connectivity index (χ4v) is 2.69. The zero-order valence-corrected chi connectivity index (χ0v) is 14.7. The summed E-state index contributed by atoms with van der Waals surface area (Å²) in [7, 11) is 0. The van der Waals surface area contributed by atoms with E-state index in [0.717, 1.165) is 17.7 Å². The highest BCUT2D eigenvalue weighted by atomic mass is 19.2. The topological polar surface area (TPSA) is 70.7 Å². The lowest BCUT2D eigenvalue weighted by Gasteiger charge is -2.17. The third kappa shape index (κ3) is 4.72. The lowest BCUT2D eigenvalue weighted by atomic mass is 10.1. The van der Waals surface area contributed by atoms with E-state index in [1.165, 1.54) is 6.07 Å². The average molecular weight is 375 g/mol. The first-order valence-electron chi connectivity index (χ1n) is 8.45. The number of cyclic esters (lactones) is 1. The highest BCUT2D eigenvalue weighted by Crippen LogP contribution is 2.17. The zero-order valence-electron chi connectivity index (χ0n) is 14.7. The number of anilines is 2. The van der Waals surface area contributed by atoms with Gasteiger partial charge in [-0.3, -0.25) is 4.79 Å². The van der Waals surface area contributed by atoms with E-state index in [9.17, 15) is 18.4 Å². The van der Waals surface area contributed by atoms with Crippen LogP contribution in [0, 0.1) is 11.6 Å². The van der Waals surface area contributed by atoms with Crippen LogP contribution in [0.15, 0.2) is 42.5 Å². The highest BCUT2D eigenvalue weighted by molar-refractivity contribution is 5.96. The predicted molar refractivity (Wildman–Crippen MR) is 96.3 cm³/mol. The first-order valence-corrected chi connectivity index (χ1v) is 8.45. The molecule has 1 heterocycles. The van der Waals surface area contributed by atoms with Gasteiger partial charge in [0.05, 0.1) is 6.54 Å². The van der Waals surface area contributed by atoms with Gasteiger partial charge in [0.2, 0.25) is 5.91 Å². The Labute approximate surface area is 155 Å². The van der Waals surface area contributed by atoms with Gasteiger partial charge in [-0.2, -0.15) is 0 Å². The molecule has 0 aliphatic carbocycles. The van der Waals surface area contributed by atoms with Crippen LogP contribution in [-0.4, -0.2) is 36.1 Å². The summed E-state index contributed by atoms with van der Waals surface area (Å²) < 4.78 is 31.1. The molecule has 1 aliphatic rings. The molecular weight excluding hydrogens is 356 g/mol. The van der Waals surface area contributed by atoms with Crippen molar-refractivity contribution >= 4 is 23.4 Å². The van der Waals surface area contributed by atoms with E-state index in [2.05, 4.69) is 10.6 Å². The predicted octanol–water partition coefficient (Wildman–Crippen LogP) is 3.36. The van der Waals surface area contributed by atoms with Crippen LogP contribution in [0.1, 0.15) is 12.5 Å². The number of hydrogen-bond acceptors (Lipinski definition) is 4. The Morgan fingerprint density at radius 1 is 1.19 bits per heavy atom. The molecule has 6 nitrogen and oxygen atoms in total. The molecule has 2 N–H and O–H groups in total. The minimum Gasteiger partial charge on any atom is -0.448 e. The van der Waals surface area contributed by atoms with Crippen molar-refractivity contribution < 1.29 is 23.1 Å². The summed E-state index contributed by atoms with van der Waals surface area (Å²) in [5.74, 6) is -2.39. The Balaban J connectivity index is 1.60. The lowest BCUT2D eigenvalue weighted by Crippen LogP contribution is -2.32. The van der Waals surface area contributed by atoms with Crippen molar-refractivity contribution in [2.24, 2.45) is 0 Å². The smallest absolute Gasteiger partial charge is 0.410 e. The van der Waals surface area contributed by atoms with E-state index in [0.29, 0.717) is 25.4 Å². The molecule has 1 atom stereocenters. The van der Waals surface area contributed by atoms with Gasteiger partial charge < -0.3 is 20.3 Å². The summed E-state index contributed by atoms with van der Waals surface area (Å²) in [5.41, 5.74) is 1.77. The summed E-state index contributed by atoms with van der Waals surface area (Å²) in [6.07, 6.45) is -0.340. The fourth-order valence-electron chi connectivity index (χ4n) is 2.69. The van der Waals surface area contributed by atoms with Crippen LogP contribution < -0.4 is 10.6 Å². The van der Waals surface area contributed by atoms with Crippen molar-refractivity contribution in [1.29, 1.82) is 0 Å². The van der Waals surface area contributed by atoms with Crippen molar-refractivity contribution in [2.75, 3.05) is 23.8 Å². The van der Waals surface area contributed by atoms with E-state index in [1.54, 1.807) is 17.9 Å². The number of carbonyl (C=O) groups excluding carboxylic acids is 2. The Bertz CT molecular complexity index is 860. The maximum absolute atomic E-state index is 13.2. The number of ether oxygens (including phenoxy) is 1. The first-order chi connectivity index (χ1) is 12.9. The van der Waals surface area contributed by atoms with Gasteiger partial charge in [-0.15, -0.1) is 0 Å². The van der Waals surface area contributed by atoms with Crippen LogP contribution in [0.25, 0.3) is 0 Å². The number of nitrogens with one attached hydrogen (secondary N) is 2.